The molecule has 5 nitrogen and oxygen atoms in total. The third kappa shape index (κ3) is 2.54. The lowest BCUT2D eigenvalue weighted by Crippen LogP contribution is -2.12. The minimum atomic E-state index is 0.345. The van der Waals surface area contributed by atoms with Gasteiger partial charge in [0.2, 0.25) is 11.7 Å². The molecule has 1 heterocycles. The van der Waals surface area contributed by atoms with Crippen molar-refractivity contribution >= 4 is 0 Å². The standard InChI is InChI=1S/C15H19N3O2/c1-3-15-17-14(18-20-15)9-19-11-5-6-12-10(8-11)4-7-13(12)16-2/h5-6,8,13,16H,3-4,7,9H2,1-2H3. The molecule has 0 saturated carbocycles. The second-order valence-corrected chi connectivity index (χ2v) is 4.99. The second kappa shape index (κ2) is 5.63. The summed E-state index contributed by atoms with van der Waals surface area (Å²) in [6.45, 7) is 2.33. The summed E-state index contributed by atoms with van der Waals surface area (Å²) in [4.78, 5) is 4.23. The van der Waals surface area contributed by atoms with Crippen LogP contribution in [0.2, 0.25) is 0 Å². The van der Waals surface area contributed by atoms with Gasteiger partial charge in [-0.15, -0.1) is 0 Å². The topological polar surface area (TPSA) is 60.2 Å². The molecule has 1 unspecified atom stereocenters. The Bertz CT molecular complexity index is 595. The van der Waals surface area contributed by atoms with Gasteiger partial charge < -0.3 is 14.6 Å². The lowest BCUT2D eigenvalue weighted by atomic mass is 10.1. The van der Waals surface area contributed by atoms with Crippen LogP contribution in [0.5, 0.6) is 5.75 Å². The average molecular weight is 273 g/mol. The van der Waals surface area contributed by atoms with Gasteiger partial charge in [0.1, 0.15) is 5.75 Å². The number of hydrogen-bond donors (Lipinski definition) is 1. The van der Waals surface area contributed by atoms with Crippen molar-refractivity contribution in [3.63, 3.8) is 0 Å². The van der Waals surface area contributed by atoms with Gasteiger partial charge in [-0.2, -0.15) is 4.98 Å². The van der Waals surface area contributed by atoms with Crippen LogP contribution in [0, 0.1) is 0 Å². The molecule has 1 aliphatic carbocycles. The van der Waals surface area contributed by atoms with E-state index in [2.05, 4.69) is 27.6 Å². The number of fused-ring (bicyclic) bond motifs is 1. The third-order valence-corrected chi connectivity index (χ3v) is 3.72. The van der Waals surface area contributed by atoms with Crippen LogP contribution in [0.25, 0.3) is 0 Å². The molecule has 1 aromatic heterocycles. The Morgan fingerprint density at radius 3 is 3.10 bits per heavy atom. The van der Waals surface area contributed by atoms with Crippen LogP contribution in [-0.4, -0.2) is 17.2 Å². The Morgan fingerprint density at radius 2 is 2.35 bits per heavy atom. The molecule has 0 spiro atoms. The lowest BCUT2D eigenvalue weighted by Gasteiger charge is -2.10. The summed E-state index contributed by atoms with van der Waals surface area (Å²) in [6, 6.07) is 6.75. The zero-order valence-electron chi connectivity index (χ0n) is 11.8. The van der Waals surface area contributed by atoms with Crippen LogP contribution in [0.4, 0.5) is 0 Å². The van der Waals surface area contributed by atoms with Crippen molar-refractivity contribution in [2.75, 3.05) is 7.05 Å². The van der Waals surface area contributed by atoms with E-state index in [1.807, 2.05) is 20.0 Å². The van der Waals surface area contributed by atoms with Gasteiger partial charge in [0.25, 0.3) is 0 Å². The number of nitrogens with zero attached hydrogens (tertiary/aromatic N) is 2. The molecule has 20 heavy (non-hydrogen) atoms. The molecule has 1 aliphatic rings. The lowest BCUT2D eigenvalue weighted by molar-refractivity contribution is 0.285. The fourth-order valence-electron chi connectivity index (χ4n) is 2.62. The SMILES string of the molecule is CCc1nc(COc2ccc3c(c2)CCC3NC)no1. The Hall–Kier alpha value is -1.88. The molecule has 1 aromatic carbocycles. The maximum Gasteiger partial charge on any atom is 0.226 e. The number of aromatic nitrogens is 2. The van der Waals surface area contributed by atoms with Gasteiger partial charge in [-0.25, -0.2) is 0 Å². The van der Waals surface area contributed by atoms with Crippen LogP contribution in [0.3, 0.4) is 0 Å². The number of aryl methyl sites for hydroxylation is 2. The molecule has 5 heteroatoms. The maximum atomic E-state index is 5.74. The van der Waals surface area contributed by atoms with Crippen LogP contribution in [-0.2, 0) is 19.4 Å². The predicted octanol–water partition coefficient (Wildman–Crippen LogP) is 2.42. The minimum Gasteiger partial charge on any atom is -0.485 e. The van der Waals surface area contributed by atoms with Gasteiger partial charge in [0.05, 0.1) is 0 Å². The van der Waals surface area contributed by atoms with Crippen LogP contribution in [0.15, 0.2) is 22.7 Å². The van der Waals surface area contributed by atoms with Crippen molar-refractivity contribution in [1.29, 1.82) is 0 Å². The first kappa shape index (κ1) is 13.1. The highest BCUT2D eigenvalue weighted by Gasteiger charge is 2.21. The average Bonchev–Trinajstić information content (AvgIpc) is 3.10. The van der Waals surface area contributed by atoms with E-state index in [-0.39, 0.29) is 0 Å². The number of ether oxygens (including phenoxy) is 1. The Labute approximate surface area is 118 Å². The molecule has 0 radical (unpaired) electrons. The van der Waals surface area contributed by atoms with E-state index in [9.17, 15) is 0 Å². The van der Waals surface area contributed by atoms with Gasteiger partial charge >= 0.3 is 0 Å². The zero-order valence-corrected chi connectivity index (χ0v) is 11.8. The first-order valence-corrected chi connectivity index (χ1v) is 7.04. The summed E-state index contributed by atoms with van der Waals surface area (Å²) in [5.74, 6) is 2.10. The first-order chi connectivity index (χ1) is 9.80. The van der Waals surface area contributed by atoms with Crippen molar-refractivity contribution < 1.29 is 9.26 Å². The number of benzene rings is 1. The molecule has 2 aromatic rings. The minimum absolute atomic E-state index is 0.345. The van der Waals surface area contributed by atoms with Gasteiger partial charge in [0, 0.05) is 12.5 Å². The van der Waals surface area contributed by atoms with Gasteiger partial charge in [0.15, 0.2) is 6.61 Å². The predicted molar refractivity (Wildman–Crippen MR) is 74.6 cm³/mol. The van der Waals surface area contributed by atoms with E-state index in [1.165, 1.54) is 11.1 Å². The van der Waals surface area contributed by atoms with E-state index in [4.69, 9.17) is 9.26 Å². The molecule has 0 aliphatic heterocycles. The second-order valence-electron chi connectivity index (χ2n) is 4.99. The molecule has 0 amide bonds. The Balaban J connectivity index is 1.67. The summed E-state index contributed by atoms with van der Waals surface area (Å²) >= 11 is 0. The third-order valence-electron chi connectivity index (χ3n) is 3.72. The number of nitrogens with one attached hydrogen (secondary N) is 1. The van der Waals surface area contributed by atoms with Crippen molar-refractivity contribution in [3.05, 3.63) is 41.0 Å². The van der Waals surface area contributed by atoms with Gasteiger partial charge in [-0.3, -0.25) is 0 Å². The first-order valence-electron chi connectivity index (χ1n) is 7.04. The van der Waals surface area contributed by atoms with Crippen LogP contribution in [0.1, 0.15) is 42.2 Å². The highest BCUT2D eigenvalue weighted by molar-refractivity contribution is 5.40. The normalized spacial score (nSPS) is 17.2. The summed E-state index contributed by atoms with van der Waals surface area (Å²) in [7, 11) is 2.01. The summed E-state index contributed by atoms with van der Waals surface area (Å²) in [6.07, 6.45) is 3.00. The molecule has 3 rings (SSSR count). The highest BCUT2D eigenvalue weighted by Crippen LogP contribution is 2.33. The van der Waals surface area contributed by atoms with Crippen molar-refractivity contribution in [1.82, 2.24) is 15.5 Å². The van der Waals surface area contributed by atoms with Crippen LogP contribution < -0.4 is 10.1 Å². The Morgan fingerprint density at radius 1 is 1.45 bits per heavy atom. The van der Waals surface area contributed by atoms with E-state index < -0.39 is 0 Å². The van der Waals surface area contributed by atoms with Crippen molar-refractivity contribution in [2.45, 2.75) is 38.8 Å². The zero-order chi connectivity index (χ0) is 13.9. The van der Waals surface area contributed by atoms with Crippen molar-refractivity contribution in [2.24, 2.45) is 0 Å². The number of hydrogen-bond acceptors (Lipinski definition) is 5. The molecular weight excluding hydrogens is 254 g/mol. The smallest absolute Gasteiger partial charge is 0.226 e. The largest absolute Gasteiger partial charge is 0.485 e. The summed E-state index contributed by atoms with van der Waals surface area (Å²) in [5.41, 5.74) is 2.75. The molecule has 1 atom stereocenters. The molecule has 0 bridgehead atoms. The Kier molecular flexibility index (Phi) is 3.69. The summed E-state index contributed by atoms with van der Waals surface area (Å²) < 4.78 is 10.8. The van der Waals surface area contributed by atoms with Gasteiger partial charge in [-0.1, -0.05) is 18.1 Å². The molecular formula is C15H19N3O2. The fraction of sp³-hybridized carbons (Fsp3) is 0.467. The van der Waals surface area contributed by atoms with Gasteiger partial charge in [-0.05, 0) is 43.1 Å². The molecule has 0 fully saturated rings. The molecule has 1 N–H and O–H groups in total. The maximum absolute atomic E-state index is 5.74. The molecule has 106 valence electrons. The summed E-state index contributed by atoms with van der Waals surface area (Å²) in [5, 5.41) is 7.21. The van der Waals surface area contributed by atoms with E-state index in [1.54, 1.807) is 0 Å². The van der Waals surface area contributed by atoms with E-state index >= 15 is 0 Å². The number of rotatable bonds is 5. The van der Waals surface area contributed by atoms with E-state index in [0.29, 0.717) is 24.4 Å². The quantitative estimate of drug-likeness (QED) is 0.906. The fourth-order valence-corrected chi connectivity index (χ4v) is 2.62. The van der Waals surface area contributed by atoms with Crippen LogP contribution >= 0.6 is 0 Å². The molecule has 0 saturated heterocycles. The highest BCUT2D eigenvalue weighted by atomic mass is 16.5. The van der Waals surface area contributed by atoms with E-state index in [0.717, 1.165) is 25.0 Å². The monoisotopic (exact) mass is 273 g/mol. The van der Waals surface area contributed by atoms with Crippen molar-refractivity contribution in [3.8, 4) is 5.75 Å².